The van der Waals surface area contributed by atoms with Crippen LogP contribution in [0.15, 0.2) is 12.1 Å². The largest absolute Gasteiger partial charge is 0.507 e. The number of ether oxygens (including phenoxy) is 1. The van der Waals surface area contributed by atoms with E-state index in [1.165, 1.54) is 0 Å². The van der Waals surface area contributed by atoms with Crippen molar-refractivity contribution in [2.75, 3.05) is 7.11 Å². The second-order valence-corrected chi connectivity index (χ2v) is 2.96. The van der Waals surface area contributed by atoms with E-state index in [0.717, 1.165) is 11.1 Å². The molecule has 72 valence electrons. The molecule has 0 saturated heterocycles. The van der Waals surface area contributed by atoms with Crippen molar-refractivity contribution < 1.29 is 14.9 Å². The average molecular weight is 182 g/mol. The molecule has 0 atom stereocenters. The summed E-state index contributed by atoms with van der Waals surface area (Å²) < 4.78 is 4.95. The Morgan fingerprint density at radius 2 is 2.08 bits per heavy atom. The Morgan fingerprint density at radius 1 is 1.38 bits per heavy atom. The molecule has 0 aromatic heterocycles. The Balaban J connectivity index is 3.13. The van der Waals surface area contributed by atoms with E-state index in [0.29, 0.717) is 12.2 Å². The summed E-state index contributed by atoms with van der Waals surface area (Å²) in [6.07, 6.45) is 0. The summed E-state index contributed by atoms with van der Waals surface area (Å²) in [7, 11) is 1.57. The van der Waals surface area contributed by atoms with Gasteiger partial charge in [-0.2, -0.15) is 0 Å². The number of methoxy groups -OCH3 is 1. The van der Waals surface area contributed by atoms with Crippen LogP contribution in [-0.2, 0) is 18.0 Å². The second-order valence-electron chi connectivity index (χ2n) is 2.96. The minimum atomic E-state index is -0.150. The quantitative estimate of drug-likeness (QED) is 0.741. The number of aliphatic hydroxyl groups excluding tert-OH is 1. The molecule has 0 amide bonds. The molecule has 13 heavy (non-hydrogen) atoms. The molecule has 0 aliphatic carbocycles. The minimum absolute atomic E-state index is 0.143. The molecule has 0 unspecified atom stereocenters. The van der Waals surface area contributed by atoms with Gasteiger partial charge < -0.3 is 14.9 Å². The first-order valence-electron chi connectivity index (χ1n) is 4.10. The zero-order valence-corrected chi connectivity index (χ0v) is 7.87. The third kappa shape index (κ3) is 1.99. The van der Waals surface area contributed by atoms with Gasteiger partial charge in [-0.1, -0.05) is 12.1 Å². The molecule has 3 heteroatoms. The fourth-order valence-corrected chi connectivity index (χ4v) is 1.24. The normalized spacial score (nSPS) is 10.4. The number of aliphatic hydroxyl groups is 1. The van der Waals surface area contributed by atoms with Crippen LogP contribution >= 0.6 is 0 Å². The highest BCUT2D eigenvalue weighted by Crippen LogP contribution is 2.26. The minimum Gasteiger partial charge on any atom is -0.507 e. The molecule has 0 fully saturated rings. The van der Waals surface area contributed by atoms with Crippen LogP contribution in [-0.4, -0.2) is 17.3 Å². The van der Waals surface area contributed by atoms with Crippen LogP contribution in [0.3, 0.4) is 0 Å². The lowest BCUT2D eigenvalue weighted by Gasteiger charge is -2.10. The summed E-state index contributed by atoms with van der Waals surface area (Å²) in [4.78, 5) is 0. The van der Waals surface area contributed by atoms with Crippen LogP contribution < -0.4 is 0 Å². The number of benzene rings is 1. The summed E-state index contributed by atoms with van der Waals surface area (Å²) in [5.41, 5.74) is 2.25. The second kappa shape index (κ2) is 4.25. The smallest absolute Gasteiger partial charge is 0.126 e. The predicted molar refractivity (Wildman–Crippen MR) is 49.5 cm³/mol. The Morgan fingerprint density at radius 3 is 2.62 bits per heavy atom. The highest BCUT2D eigenvalue weighted by Gasteiger charge is 2.08. The van der Waals surface area contributed by atoms with E-state index in [1.807, 2.05) is 13.0 Å². The van der Waals surface area contributed by atoms with Crippen molar-refractivity contribution in [3.05, 3.63) is 28.8 Å². The van der Waals surface area contributed by atoms with Gasteiger partial charge in [0.05, 0.1) is 13.2 Å². The molecule has 1 aromatic carbocycles. The maximum atomic E-state index is 9.66. The zero-order valence-electron chi connectivity index (χ0n) is 7.87. The van der Waals surface area contributed by atoms with E-state index in [9.17, 15) is 5.11 Å². The van der Waals surface area contributed by atoms with Gasteiger partial charge in [-0.05, 0) is 12.5 Å². The predicted octanol–water partition coefficient (Wildman–Crippen LogP) is 1.34. The van der Waals surface area contributed by atoms with Crippen LogP contribution in [0.5, 0.6) is 5.75 Å². The number of hydrogen-bond acceptors (Lipinski definition) is 3. The van der Waals surface area contributed by atoms with Gasteiger partial charge in [0.25, 0.3) is 0 Å². The van der Waals surface area contributed by atoms with E-state index >= 15 is 0 Å². The van der Waals surface area contributed by atoms with Crippen molar-refractivity contribution in [3.63, 3.8) is 0 Å². The number of aromatic hydroxyl groups is 1. The lowest BCUT2D eigenvalue weighted by molar-refractivity contribution is 0.180. The number of rotatable bonds is 3. The molecule has 0 aliphatic rings. The van der Waals surface area contributed by atoms with Gasteiger partial charge in [-0.3, -0.25) is 0 Å². The molecular formula is C10H14O3. The molecule has 1 rings (SSSR count). The number of phenols is 1. The molecule has 0 spiro atoms. The van der Waals surface area contributed by atoms with Gasteiger partial charge in [0.1, 0.15) is 5.75 Å². The summed E-state index contributed by atoms with van der Waals surface area (Å²) in [5, 5.41) is 18.6. The number of hydrogen-bond donors (Lipinski definition) is 2. The van der Waals surface area contributed by atoms with Gasteiger partial charge in [0.2, 0.25) is 0 Å². The summed E-state index contributed by atoms with van der Waals surface area (Å²) >= 11 is 0. The van der Waals surface area contributed by atoms with Gasteiger partial charge in [-0.25, -0.2) is 0 Å². The zero-order chi connectivity index (χ0) is 9.84. The van der Waals surface area contributed by atoms with Crippen molar-refractivity contribution in [2.24, 2.45) is 0 Å². The van der Waals surface area contributed by atoms with E-state index in [-0.39, 0.29) is 12.4 Å². The van der Waals surface area contributed by atoms with E-state index in [1.54, 1.807) is 13.2 Å². The Hall–Kier alpha value is -1.06. The molecule has 0 aliphatic heterocycles. The fourth-order valence-electron chi connectivity index (χ4n) is 1.24. The molecule has 0 bridgehead atoms. The van der Waals surface area contributed by atoms with E-state index in [4.69, 9.17) is 9.84 Å². The van der Waals surface area contributed by atoms with Gasteiger partial charge in [0, 0.05) is 18.2 Å². The van der Waals surface area contributed by atoms with E-state index < -0.39 is 0 Å². The molecule has 3 nitrogen and oxygen atoms in total. The van der Waals surface area contributed by atoms with Crippen LogP contribution in [0.2, 0.25) is 0 Å². The van der Waals surface area contributed by atoms with Crippen molar-refractivity contribution >= 4 is 0 Å². The first-order valence-corrected chi connectivity index (χ1v) is 4.10. The Kier molecular flexibility index (Phi) is 3.28. The maximum Gasteiger partial charge on any atom is 0.126 e. The highest BCUT2D eigenvalue weighted by molar-refractivity contribution is 5.44. The van der Waals surface area contributed by atoms with Gasteiger partial charge >= 0.3 is 0 Å². The van der Waals surface area contributed by atoms with Crippen LogP contribution in [0.1, 0.15) is 16.7 Å². The lowest BCUT2D eigenvalue weighted by Crippen LogP contribution is -1.96. The lowest BCUT2D eigenvalue weighted by atomic mass is 10.0. The Labute approximate surface area is 77.6 Å². The first kappa shape index (κ1) is 10.0. The SMILES string of the molecule is COCc1c(C)ccc(CO)c1O. The Bertz CT molecular complexity index is 294. The van der Waals surface area contributed by atoms with Crippen molar-refractivity contribution in [3.8, 4) is 5.75 Å². The monoisotopic (exact) mass is 182 g/mol. The molecule has 0 radical (unpaired) electrons. The van der Waals surface area contributed by atoms with Gasteiger partial charge in [0.15, 0.2) is 0 Å². The fraction of sp³-hybridized carbons (Fsp3) is 0.400. The first-order chi connectivity index (χ1) is 6.20. The highest BCUT2D eigenvalue weighted by atomic mass is 16.5. The van der Waals surface area contributed by atoms with Crippen molar-refractivity contribution in [2.45, 2.75) is 20.1 Å². The summed E-state index contributed by atoms with van der Waals surface area (Å²) in [5.74, 6) is 0.143. The van der Waals surface area contributed by atoms with E-state index in [2.05, 4.69) is 0 Å². The standard InChI is InChI=1S/C10H14O3/c1-7-3-4-8(5-11)10(12)9(7)6-13-2/h3-4,11-12H,5-6H2,1-2H3. The average Bonchev–Trinajstić information content (AvgIpc) is 2.12. The molecule has 1 aromatic rings. The third-order valence-corrected chi connectivity index (χ3v) is 2.06. The third-order valence-electron chi connectivity index (χ3n) is 2.06. The van der Waals surface area contributed by atoms with Crippen LogP contribution in [0.25, 0.3) is 0 Å². The summed E-state index contributed by atoms with van der Waals surface area (Å²) in [6, 6.07) is 3.57. The summed E-state index contributed by atoms with van der Waals surface area (Å²) in [6.45, 7) is 2.11. The van der Waals surface area contributed by atoms with Crippen molar-refractivity contribution in [1.29, 1.82) is 0 Å². The van der Waals surface area contributed by atoms with Crippen molar-refractivity contribution in [1.82, 2.24) is 0 Å². The molecule has 2 N–H and O–H groups in total. The van der Waals surface area contributed by atoms with Crippen LogP contribution in [0, 0.1) is 6.92 Å². The number of aryl methyl sites for hydroxylation is 1. The molecule has 0 heterocycles. The molecular weight excluding hydrogens is 168 g/mol. The molecule has 0 saturated carbocycles. The van der Waals surface area contributed by atoms with Crippen LogP contribution in [0.4, 0.5) is 0 Å². The topological polar surface area (TPSA) is 49.7 Å². The maximum absolute atomic E-state index is 9.66. The van der Waals surface area contributed by atoms with Gasteiger partial charge in [-0.15, -0.1) is 0 Å².